The minimum Gasteiger partial charge on any atom is -0.304 e. The van der Waals surface area contributed by atoms with E-state index in [1.807, 2.05) is 18.2 Å². The maximum atomic E-state index is 12.1. The minimum atomic E-state index is -0.399. The van der Waals surface area contributed by atoms with Crippen molar-refractivity contribution >= 4 is 11.7 Å². The van der Waals surface area contributed by atoms with Crippen molar-refractivity contribution in [2.45, 2.75) is 6.54 Å². The largest absolute Gasteiger partial charge is 0.304 e. The lowest BCUT2D eigenvalue weighted by molar-refractivity contribution is 0.101. The van der Waals surface area contributed by atoms with E-state index in [1.165, 1.54) is 10.7 Å². The maximum absolute atomic E-state index is 12.1. The zero-order chi connectivity index (χ0) is 15.5. The molecule has 0 bridgehead atoms. The molecular weight excluding hydrogens is 284 g/mol. The van der Waals surface area contributed by atoms with Gasteiger partial charge in [0, 0.05) is 31.6 Å². The molecule has 8 heteroatoms. The lowest BCUT2D eigenvalue weighted by Crippen LogP contribution is -2.16. The predicted octanol–water partition coefficient (Wildman–Crippen LogP) is 0.605. The fraction of sp³-hybridized carbons (Fsp3) is 0.143. The van der Waals surface area contributed by atoms with E-state index in [0.29, 0.717) is 12.4 Å². The molecule has 0 aliphatic carbocycles. The van der Waals surface area contributed by atoms with Crippen LogP contribution in [0.25, 0.3) is 0 Å². The van der Waals surface area contributed by atoms with E-state index < -0.39 is 5.91 Å². The van der Waals surface area contributed by atoms with Crippen LogP contribution in [0.3, 0.4) is 0 Å². The maximum Gasteiger partial charge on any atom is 0.275 e. The first-order valence-corrected chi connectivity index (χ1v) is 6.62. The molecule has 3 aromatic heterocycles. The number of aryl methyl sites for hydroxylation is 1. The molecule has 8 nitrogen and oxygen atoms in total. The van der Waals surface area contributed by atoms with Crippen LogP contribution in [0.4, 0.5) is 5.82 Å². The van der Waals surface area contributed by atoms with Gasteiger partial charge in [0.15, 0.2) is 5.82 Å². The molecule has 0 spiro atoms. The zero-order valence-electron chi connectivity index (χ0n) is 11.9. The third-order valence-corrected chi connectivity index (χ3v) is 3.07. The first-order valence-electron chi connectivity index (χ1n) is 6.62. The lowest BCUT2D eigenvalue weighted by Gasteiger charge is -2.03. The van der Waals surface area contributed by atoms with Crippen LogP contribution in [0.2, 0.25) is 0 Å². The van der Waals surface area contributed by atoms with Crippen molar-refractivity contribution < 1.29 is 4.79 Å². The predicted molar refractivity (Wildman–Crippen MR) is 79.6 cm³/mol. The first-order chi connectivity index (χ1) is 10.6. The third-order valence-electron chi connectivity index (χ3n) is 3.07. The summed E-state index contributed by atoms with van der Waals surface area (Å²) < 4.78 is 3.04. The number of hydrogen-bond acceptors (Lipinski definition) is 4. The first kappa shape index (κ1) is 13.8. The highest BCUT2D eigenvalue weighted by atomic mass is 16.2. The van der Waals surface area contributed by atoms with E-state index in [9.17, 15) is 9.59 Å². The number of pyridine rings is 1. The van der Waals surface area contributed by atoms with Gasteiger partial charge in [-0.25, -0.2) is 0 Å². The fourth-order valence-electron chi connectivity index (χ4n) is 2.05. The molecule has 0 saturated carbocycles. The summed E-state index contributed by atoms with van der Waals surface area (Å²) in [6, 6.07) is 8.57. The monoisotopic (exact) mass is 298 g/mol. The Labute approximate surface area is 125 Å². The molecule has 3 aromatic rings. The van der Waals surface area contributed by atoms with Crippen LogP contribution in [0.15, 0.2) is 47.5 Å². The topological polar surface area (TPSA) is 97.6 Å². The molecule has 1 amide bonds. The van der Waals surface area contributed by atoms with E-state index in [4.69, 9.17) is 0 Å². The van der Waals surface area contributed by atoms with E-state index in [0.717, 1.165) is 5.69 Å². The van der Waals surface area contributed by atoms with Crippen LogP contribution in [0.5, 0.6) is 0 Å². The summed E-state index contributed by atoms with van der Waals surface area (Å²) in [5, 5.41) is 9.38. The molecule has 3 rings (SSSR count). The number of carbonyl (C=O) groups is 1. The number of amides is 1. The summed E-state index contributed by atoms with van der Waals surface area (Å²) in [5.74, 6) is 0.0125. The summed E-state index contributed by atoms with van der Waals surface area (Å²) >= 11 is 0. The number of hydrogen-bond donors (Lipinski definition) is 2. The van der Waals surface area contributed by atoms with Crippen LogP contribution >= 0.6 is 0 Å². The Hall–Kier alpha value is -3.16. The molecule has 0 unspecified atom stereocenters. The molecule has 0 radical (unpaired) electrons. The Bertz CT molecular complexity index is 846. The molecule has 0 aliphatic rings. The van der Waals surface area contributed by atoms with Gasteiger partial charge in [-0.1, -0.05) is 6.07 Å². The zero-order valence-corrected chi connectivity index (χ0v) is 11.9. The quantitative estimate of drug-likeness (QED) is 0.737. The van der Waals surface area contributed by atoms with Gasteiger partial charge < -0.3 is 5.32 Å². The average Bonchev–Trinajstić information content (AvgIpc) is 3.06. The summed E-state index contributed by atoms with van der Waals surface area (Å²) in [5.41, 5.74) is 0.786. The second-order valence-electron chi connectivity index (χ2n) is 4.74. The van der Waals surface area contributed by atoms with Gasteiger partial charge in [0.25, 0.3) is 11.5 Å². The number of aromatic amines is 1. The normalized spacial score (nSPS) is 10.6. The van der Waals surface area contributed by atoms with Gasteiger partial charge in [-0.2, -0.15) is 5.10 Å². The summed E-state index contributed by atoms with van der Waals surface area (Å²) in [6.45, 7) is 0.513. The van der Waals surface area contributed by atoms with Crippen LogP contribution in [0.1, 0.15) is 16.2 Å². The van der Waals surface area contributed by atoms with Gasteiger partial charge in [-0.3, -0.25) is 29.0 Å². The van der Waals surface area contributed by atoms with E-state index in [2.05, 4.69) is 20.5 Å². The Morgan fingerprint density at radius 2 is 2.23 bits per heavy atom. The standard InChI is InChI=1S/C14H14N6O2/c1-19-11(8-13(21)18-19)14(22)16-12-5-7-20(17-12)9-10-4-2-3-6-15-10/h2-8H,9H2,1H3,(H,18,21)(H,16,17,22). The van der Waals surface area contributed by atoms with Gasteiger partial charge >= 0.3 is 0 Å². The summed E-state index contributed by atoms with van der Waals surface area (Å²) in [4.78, 5) is 27.5. The molecule has 0 fully saturated rings. The fourth-order valence-corrected chi connectivity index (χ4v) is 2.05. The summed E-state index contributed by atoms with van der Waals surface area (Å²) in [7, 11) is 1.59. The van der Waals surface area contributed by atoms with Crippen molar-refractivity contribution in [3.63, 3.8) is 0 Å². The van der Waals surface area contributed by atoms with Crippen LogP contribution < -0.4 is 10.9 Å². The Kier molecular flexibility index (Phi) is 3.57. The molecule has 2 N–H and O–H groups in total. The second kappa shape index (κ2) is 5.68. The van der Waals surface area contributed by atoms with Crippen molar-refractivity contribution in [3.05, 3.63) is 64.5 Å². The lowest BCUT2D eigenvalue weighted by atomic mass is 10.3. The number of aromatic nitrogens is 5. The Balaban J connectivity index is 1.70. The van der Waals surface area contributed by atoms with Gasteiger partial charge in [0.2, 0.25) is 0 Å². The number of H-pyrrole nitrogens is 1. The van der Waals surface area contributed by atoms with Gasteiger partial charge in [0.1, 0.15) is 5.69 Å². The second-order valence-corrected chi connectivity index (χ2v) is 4.74. The molecule has 3 heterocycles. The molecule has 0 saturated heterocycles. The molecule has 0 atom stereocenters. The highest BCUT2D eigenvalue weighted by Crippen LogP contribution is 2.06. The van der Waals surface area contributed by atoms with Crippen molar-refractivity contribution in [1.82, 2.24) is 24.5 Å². The number of anilines is 1. The average molecular weight is 298 g/mol. The Morgan fingerprint density at radius 3 is 2.91 bits per heavy atom. The molecule has 0 aliphatic heterocycles. The third kappa shape index (κ3) is 2.95. The highest BCUT2D eigenvalue weighted by Gasteiger charge is 2.12. The number of nitrogens with one attached hydrogen (secondary N) is 2. The van der Waals surface area contributed by atoms with Gasteiger partial charge in [0.05, 0.1) is 12.2 Å². The molecule has 22 heavy (non-hydrogen) atoms. The van der Waals surface area contributed by atoms with E-state index in [-0.39, 0.29) is 11.3 Å². The van der Waals surface area contributed by atoms with Gasteiger partial charge in [-0.15, -0.1) is 0 Å². The van der Waals surface area contributed by atoms with Gasteiger partial charge in [-0.05, 0) is 12.1 Å². The van der Waals surface area contributed by atoms with Crippen molar-refractivity contribution in [2.75, 3.05) is 5.32 Å². The molecule has 0 aromatic carbocycles. The van der Waals surface area contributed by atoms with Crippen LogP contribution in [-0.4, -0.2) is 30.5 Å². The smallest absolute Gasteiger partial charge is 0.275 e. The van der Waals surface area contributed by atoms with E-state index >= 15 is 0 Å². The van der Waals surface area contributed by atoms with E-state index in [1.54, 1.807) is 30.2 Å². The molecule has 112 valence electrons. The van der Waals surface area contributed by atoms with Crippen molar-refractivity contribution in [1.29, 1.82) is 0 Å². The number of rotatable bonds is 4. The van der Waals surface area contributed by atoms with Crippen LogP contribution in [-0.2, 0) is 13.6 Å². The Morgan fingerprint density at radius 1 is 1.36 bits per heavy atom. The minimum absolute atomic E-state index is 0.240. The molecular formula is C14H14N6O2. The number of carbonyl (C=O) groups excluding carboxylic acids is 1. The van der Waals surface area contributed by atoms with Crippen molar-refractivity contribution in [2.24, 2.45) is 7.05 Å². The van der Waals surface area contributed by atoms with Crippen molar-refractivity contribution in [3.8, 4) is 0 Å². The van der Waals surface area contributed by atoms with Crippen LogP contribution in [0, 0.1) is 0 Å². The highest BCUT2D eigenvalue weighted by molar-refractivity contribution is 6.02. The number of nitrogens with zero attached hydrogens (tertiary/aromatic N) is 4. The summed E-state index contributed by atoms with van der Waals surface area (Å²) in [6.07, 6.45) is 3.47. The SMILES string of the molecule is Cn1[nH]c(=O)cc1C(=O)Nc1ccn(Cc2ccccn2)n1.